The fourth-order valence-corrected chi connectivity index (χ4v) is 2.46. The third-order valence-corrected chi connectivity index (χ3v) is 3.09. The zero-order valence-electron chi connectivity index (χ0n) is 9.16. The number of halogens is 1. The van der Waals surface area contributed by atoms with E-state index in [0.717, 1.165) is 17.1 Å². The second-order valence-electron chi connectivity index (χ2n) is 3.98. The van der Waals surface area contributed by atoms with E-state index in [1.807, 2.05) is 6.07 Å². The average Bonchev–Trinajstić information content (AvgIpc) is 2.16. The van der Waals surface area contributed by atoms with E-state index in [2.05, 4.69) is 13.8 Å². The van der Waals surface area contributed by atoms with Crippen molar-refractivity contribution < 1.29 is 9.50 Å². The molecule has 1 rings (SSSR count). The highest BCUT2D eigenvalue weighted by atomic mass is 32.2. The van der Waals surface area contributed by atoms with Gasteiger partial charge in [-0.25, -0.2) is 4.39 Å². The van der Waals surface area contributed by atoms with Crippen LogP contribution < -0.4 is 0 Å². The summed E-state index contributed by atoms with van der Waals surface area (Å²) in [6.45, 7) is 4.24. The predicted octanol–water partition coefficient (Wildman–Crippen LogP) is 3.46. The van der Waals surface area contributed by atoms with Crippen molar-refractivity contribution in [3.63, 3.8) is 0 Å². The van der Waals surface area contributed by atoms with Gasteiger partial charge in [-0.05, 0) is 41.9 Å². The topological polar surface area (TPSA) is 20.2 Å². The van der Waals surface area contributed by atoms with Crippen LogP contribution in [0.5, 0.6) is 0 Å². The number of thioether (sulfide) groups is 1. The van der Waals surface area contributed by atoms with Crippen LogP contribution in [0, 0.1) is 11.7 Å². The molecule has 0 aliphatic carbocycles. The number of benzene rings is 1. The van der Waals surface area contributed by atoms with Crippen molar-refractivity contribution in [2.24, 2.45) is 5.92 Å². The van der Waals surface area contributed by atoms with Crippen LogP contribution in [0.1, 0.15) is 25.8 Å². The highest BCUT2D eigenvalue weighted by Gasteiger charge is 2.01. The third kappa shape index (κ3) is 4.67. The first-order valence-electron chi connectivity index (χ1n) is 5.15. The van der Waals surface area contributed by atoms with Gasteiger partial charge in [0.05, 0.1) is 6.61 Å². The second-order valence-corrected chi connectivity index (χ2v) is 5.15. The van der Waals surface area contributed by atoms with Crippen molar-refractivity contribution in [3.8, 4) is 0 Å². The zero-order valence-corrected chi connectivity index (χ0v) is 9.98. The van der Waals surface area contributed by atoms with Crippen molar-refractivity contribution in [3.05, 3.63) is 29.6 Å². The van der Waals surface area contributed by atoms with Crippen LogP contribution in [-0.4, -0.2) is 10.9 Å². The van der Waals surface area contributed by atoms with E-state index in [-0.39, 0.29) is 12.4 Å². The Labute approximate surface area is 94.7 Å². The minimum Gasteiger partial charge on any atom is -0.392 e. The molecule has 0 amide bonds. The largest absolute Gasteiger partial charge is 0.392 e. The minimum atomic E-state index is -0.270. The van der Waals surface area contributed by atoms with E-state index in [1.165, 1.54) is 12.1 Å². The van der Waals surface area contributed by atoms with Crippen molar-refractivity contribution in [2.45, 2.75) is 31.8 Å². The molecule has 1 aromatic carbocycles. The molecule has 0 unspecified atom stereocenters. The van der Waals surface area contributed by atoms with Gasteiger partial charge in [-0.1, -0.05) is 13.8 Å². The molecular formula is C12H17FOS. The highest BCUT2D eigenvalue weighted by Crippen LogP contribution is 2.22. The molecule has 3 heteroatoms. The maximum absolute atomic E-state index is 13.1. The second kappa shape index (κ2) is 6.13. The molecule has 1 N–H and O–H groups in total. The fourth-order valence-electron chi connectivity index (χ4n) is 1.21. The Morgan fingerprint density at radius 3 is 2.67 bits per heavy atom. The van der Waals surface area contributed by atoms with E-state index in [0.29, 0.717) is 11.5 Å². The first kappa shape index (κ1) is 12.5. The number of rotatable bonds is 5. The summed E-state index contributed by atoms with van der Waals surface area (Å²) in [7, 11) is 0. The molecule has 0 heterocycles. The molecule has 0 aromatic heterocycles. The molecule has 15 heavy (non-hydrogen) atoms. The highest BCUT2D eigenvalue weighted by molar-refractivity contribution is 7.99. The Bertz CT molecular complexity index is 312. The summed E-state index contributed by atoms with van der Waals surface area (Å²) in [5.74, 6) is 1.39. The summed E-state index contributed by atoms with van der Waals surface area (Å²) in [4.78, 5) is 0.903. The summed E-state index contributed by atoms with van der Waals surface area (Å²) in [6, 6.07) is 4.73. The number of hydrogen-bond donors (Lipinski definition) is 1. The molecule has 0 bridgehead atoms. The van der Waals surface area contributed by atoms with Crippen LogP contribution in [-0.2, 0) is 6.61 Å². The molecule has 1 nitrogen and oxygen atoms in total. The Morgan fingerprint density at radius 1 is 1.33 bits per heavy atom. The molecule has 0 atom stereocenters. The summed E-state index contributed by atoms with van der Waals surface area (Å²) in [5.41, 5.74) is 0.641. The summed E-state index contributed by atoms with van der Waals surface area (Å²) in [6.07, 6.45) is 1.12. The van der Waals surface area contributed by atoms with E-state index in [4.69, 9.17) is 5.11 Å². The van der Waals surface area contributed by atoms with Crippen LogP contribution in [0.25, 0.3) is 0 Å². The first-order chi connectivity index (χ1) is 7.11. The van der Waals surface area contributed by atoms with Gasteiger partial charge in [-0.3, -0.25) is 0 Å². The smallest absolute Gasteiger partial charge is 0.124 e. The number of aliphatic hydroxyl groups excluding tert-OH is 1. The molecule has 0 saturated carbocycles. The molecule has 0 aliphatic rings. The lowest BCUT2D eigenvalue weighted by Gasteiger charge is -2.06. The van der Waals surface area contributed by atoms with Crippen molar-refractivity contribution in [1.82, 2.24) is 0 Å². The van der Waals surface area contributed by atoms with Crippen LogP contribution in [0.2, 0.25) is 0 Å². The Kier molecular flexibility index (Phi) is 5.12. The molecule has 84 valence electrons. The minimum absolute atomic E-state index is 0.102. The van der Waals surface area contributed by atoms with Gasteiger partial charge in [0.1, 0.15) is 5.82 Å². The lowest BCUT2D eigenvalue weighted by Crippen LogP contribution is -1.91. The van der Waals surface area contributed by atoms with Gasteiger partial charge >= 0.3 is 0 Å². The Morgan fingerprint density at radius 2 is 2.07 bits per heavy atom. The predicted molar refractivity (Wildman–Crippen MR) is 62.5 cm³/mol. The monoisotopic (exact) mass is 228 g/mol. The fraction of sp³-hybridized carbons (Fsp3) is 0.500. The lowest BCUT2D eigenvalue weighted by atomic mass is 10.2. The van der Waals surface area contributed by atoms with Crippen LogP contribution in [0.3, 0.4) is 0 Å². The quantitative estimate of drug-likeness (QED) is 0.779. The Hall–Kier alpha value is -0.540. The molecular weight excluding hydrogens is 211 g/mol. The Balaban J connectivity index is 2.56. The number of hydrogen-bond acceptors (Lipinski definition) is 2. The summed E-state index contributed by atoms with van der Waals surface area (Å²) in [5, 5.41) is 8.92. The van der Waals surface area contributed by atoms with Crippen LogP contribution in [0.4, 0.5) is 4.39 Å². The van der Waals surface area contributed by atoms with Gasteiger partial charge in [-0.15, -0.1) is 11.8 Å². The van der Waals surface area contributed by atoms with Gasteiger partial charge in [0.2, 0.25) is 0 Å². The van der Waals surface area contributed by atoms with Crippen LogP contribution in [0.15, 0.2) is 23.1 Å². The van der Waals surface area contributed by atoms with E-state index >= 15 is 0 Å². The maximum atomic E-state index is 13.1. The zero-order chi connectivity index (χ0) is 11.3. The standard InChI is InChI=1S/C12H17FOS/c1-9(2)3-4-15-12-6-10(8-14)5-11(13)7-12/h5-7,9,14H,3-4,8H2,1-2H3. The van der Waals surface area contributed by atoms with Crippen molar-refractivity contribution in [1.29, 1.82) is 0 Å². The normalized spacial score (nSPS) is 11.0. The van der Waals surface area contributed by atoms with Gasteiger partial charge in [0, 0.05) is 4.90 Å². The summed E-state index contributed by atoms with van der Waals surface area (Å²) >= 11 is 1.64. The van der Waals surface area contributed by atoms with Crippen molar-refractivity contribution in [2.75, 3.05) is 5.75 Å². The van der Waals surface area contributed by atoms with Crippen LogP contribution >= 0.6 is 11.8 Å². The van der Waals surface area contributed by atoms with Gasteiger partial charge in [0.15, 0.2) is 0 Å². The maximum Gasteiger partial charge on any atom is 0.124 e. The third-order valence-electron chi connectivity index (χ3n) is 2.08. The van der Waals surface area contributed by atoms with E-state index in [1.54, 1.807) is 11.8 Å². The molecule has 0 radical (unpaired) electrons. The molecule has 1 aromatic rings. The first-order valence-corrected chi connectivity index (χ1v) is 6.13. The summed E-state index contributed by atoms with van der Waals surface area (Å²) < 4.78 is 13.1. The lowest BCUT2D eigenvalue weighted by molar-refractivity contribution is 0.281. The SMILES string of the molecule is CC(C)CCSc1cc(F)cc(CO)c1. The molecule has 0 fully saturated rings. The van der Waals surface area contributed by atoms with Crippen molar-refractivity contribution >= 4 is 11.8 Å². The van der Waals surface area contributed by atoms with E-state index < -0.39 is 0 Å². The average molecular weight is 228 g/mol. The molecule has 0 aliphatic heterocycles. The number of aliphatic hydroxyl groups is 1. The van der Waals surface area contributed by atoms with Gasteiger partial charge in [0.25, 0.3) is 0 Å². The molecule has 0 spiro atoms. The molecule has 0 saturated heterocycles. The van der Waals surface area contributed by atoms with E-state index in [9.17, 15) is 4.39 Å². The van der Waals surface area contributed by atoms with Gasteiger partial charge < -0.3 is 5.11 Å². The van der Waals surface area contributed by atoms with Gasteiger partial charge in [-0.2, -0.15) is 0 Å².